The van der Waals surface area contributed by atoms with Crippen LogP contribution in [0.4, 0.5) is 4.39 Å². The summed E-state index contributed by atoms with van der Waals surface area (Å²) in [5, 5.41) is 0. The third kappa shape index (κ3) is 4.28. The van der Waals surface area contributed by atoms with Crippen molar-refractivity contribution in [2.75, 3.05) is 7.05 Å². The smallest absolute Gasteiger partial charge is 0.232 e. The Hall–Kier alpha value is -1.49. The van der Waals surface area contributed by atoms with Gasteiger partial charge in [0.2, 0.25) is 5.91 Å². The molecule has 1 rings (SSSR count). The van der Waals surface area contributed by atoms with E-state index >= 15 is 0 Å². The van der Waals surface area contributed by atoms with E-state index in [0.29, 0.717) is 12.0 Å². The number of amides is 1. The van der Waals surface area contributed by atoms with E-state index in [1.165, 1.54) is 11.0 Å². The van der Waals surface area contributed by atoms with Gasteiger partial charge in [-0.05, 0) is 12.5 Å². The number of hydrogen-bond donors (Lipinski definition) is 1. The first-order valence-corrected chi connectivity index (χ1v) is 6.65. The van der Waals surface area contributed by atoms with Crippen molar-refractivity contribution < 1.29 is 9.18 Å². The molecule has 0 saturated heterocycles. The SMILES string of the molecule is CCCC(C(=O)N(C)Cc1ccccc1F)C(N)=S. The molecular weight excluding hydrogens is 263 g/mol. The average molecular weight is 282 g/mol. The largest absolute Gasteiger partial charge is 0.393 e. The van der Waals surface area contributed by atoms with E-state index in [9.17, 15) is 9.18 Å². The lowest BCUT2D eigenvalue weighted by Crippen LogP contribution is -2.38. The highest BCUT2D eigenvalue weighted by Crippen LogP contribution is 2.14. The maximum Gasteiger partial charge on any atom is 0.232 e. The van der Waals surface area contributed by atoms with Crippen LogP contribution in [0.3, 0.4) is 0 Å². The van der Waals surface area contributed by atoms with Gasteiger partial charge in [0.15, 0.2) is 0 Å². The van der Waals surface area contributed by atoms with Crippen LogP contribution in [0.2, 0.25) is 0 Å². The summed E-state index contributed by atoms with van der Waals surface area (Å²) in [6.07, 6.45) is 1.44. The molecule has 5 heteroatoms. The lowest BCUT2D eigenvalue weighted by atomic mass is 10.0. The fourth-order valence-corrected chi connectivity index (χ4v) is 2.12. The van der Waals surface area contributed by atoms with Crippen molar-refractivity contribution in [1.29, 1.82) is 0 Å². The summed E-state index contributed by atoms with van der Waals surface area (Å²) < 4.78 is 13.5. The van der Waals surface area contributed by atoms with Crippen LogP contribution in [0.1, 0.15) is 25.3 Å². The number of carbonyl (C=O) groups excluding carboxylic acids is 1. The van der Waals surface area contributed by atoms with E-state index in [4.69, 9.17) is 18.0 Å². The van der Waals surface area contributed by atoms with Gasteiger partial charge in [0.05, 0.1) is 10.9 Å². The first-order chi connectivity index (χ1) is 8.97. The minimum atomic E-state index is -0.461. The Bertz CT molecular complexity index is 465. The lowest BCUT2D eigenvalue weighted by molar-refractivity contribution is -0.132. The topological polar surface area (TPSA) is 46.3 Å². The molecule has 0 saturated carbocycles. The van der Waals surface area contributed by atoms with Gasteiger partial charge in [-0.3, -0.25) is 4.79 Å². The van der Waals surface area contributed by atoms with Crippen LogP contribution in [0, 0.1) is 11.7 Å². The average Bonchev–Trinajstić information content (AvgIpc) is 2.37. The molecule has 0 fully saturated rings. The van der Waals surface area contributed by atoms with Crippen molar-refractivity contribution in [1.82, 2.24) is 4.90 Å². The number of rotatable bonds is 6. The zero-order valence-corrected chi connectivity index (χ0v) is 12.0. The summed E-state index contributed by atoms with van der Waals surface area (Å²) in [7, 11) is 1.63. The molecule has 0 aromatic heterocycles. The van der Waals surface area contributed by atoms with Gasteiger partial charge in [0.1, 0.15) is 5.82 Å². The number of nitrogens with zero attached hydrogens (tertiary/aromatic N) is 1. The second kappa shape index (κ2) is 7.19. The maximum absolute atomic E-state index is 13.5. The van der Waals surface area contributed by atoms with Crippen molar-refractivity contribution in [3.63, 3.8) is 0 Å². The minimum Gasteiger partial charge on any atom is -0.393 e. The van der Waals surface area contributed by atoms with Crippen LogP contribution in [0.15, 0.2) is 24.3 Å². The van der Waals surface area contributed by atoms with Gasteiger partial charge in [0.25, 0.3) is 0 Å². The molecule has 1 unspecified atom stereocenters. The Morgan fingerprint density at radius 1 is 1.47 bits per heavy atom. The van der Waals surface area contributed by atoms with Gasteiger partial charge in [-0.25, -0.2) is 4.39 Å². The van der Waals surface area contributed by atoms with E-state index in [-0.39, 0.29) is 23.3 Å². The van der Waals surface area contributed by atoms with Gasteiger partial charge >= 0.3 is 0 Å². The van der Waals surface area contributed by atoms with Gasteiger partial charge < -0.3 is 10.6 Å². The molecular formula is C14H19FN2OS. The normalized spacial score (nSPS) is 11.9. The van der Waals surface area contributed by atoms with Gasteiger partial charge in [-0.2, -0.15) is 0 Å². The number of hydrogen-bond acceptors (Lipinski definition) is 2. The summed E-state index contributed by atoms with van der Waals surface area (Å²) in [6.45, 7) is 2.18. The second-order valence-corrected chi connectivity index (χ2v) is 5.00. The zero-order valence-electron chi connectivity index (χ0n) is 11.2. The monoisotopic (exact) mass is 282 g/mol. The Kier molecular flexibility index (Phi) is 5.89. The van der Waals surface area contributed by atoms with Gasteiger partial charge in [-0.15, -0.1) is 0 Å². The van der Waals surface area contributed by atoms with Crippen molar-refractivity contribution in [3.05, 3.63) is 35.6 Å². The number of benzene rings is 1. The predicted molar refractivity (Wildman–Crippen MR) is 78.1 cm³/mol. The number of carbonyl (C=O) groups is 1. The first-order valence-electron chi connectivity index (χ1n) is 6.25. The van der Waals surface area contributed by atoms with Crippen molar-refractivity contribution in [2.45, 2.75) is 26.3 Å². The number of nitrogens with two attached hydrogens (primary N) is 1. The molecule has 0 aliphatic heterocycles. The highest BCUT2D eigenvalue weighted by molar-refractivity contribution is 7.80. The van der Waals surface area contributed by atoms with Crippen LogP contribution in [-0.4, -0.2) is 22.8 Å². The summed E-state index contributed by atoms with van der Waals surface area (Å²) in [5.74, 6) is -0.932. The molecule has 2 N–H and O–H groups in total. The van der Waals surface area contributed by atoms with Gasteiger partial charge in [0, 0.05) is 19.2 Å². The molecule has 1 aromatic rings. The van der Waals surface area contributed by atoms with Crippen LogP contribution in [0.25, 0.3) is 0 Å². The first kappa shape index (κ1) is 15.6. The minimum absolute atomic E-state index is 0.155. The summed E-state index contributed by atoms with van der Waals surface area (Å²) >= 11 is 4.92. The molecule has 0 aliphatic carbocycles. The van der Waals surface area contributed by atoms with Crippen LogP contribution >= 0.6 is 12.2 Å². The van der Waals surface area contributed by atoms with Crippen molar-refractivity contribution in [2.24, 2.45) is 11.7 Å². The highest BCUT2D eigenvalue weighted by Gasteiger charge is 2.24. The summed E-state index contributed by atoms with van der Waals surface area (Å²) in [5.41, 5.74) is 6.08. The van der Waals surface area contributed by atoms with Gasteiger partial charge in [-0.1, -0.05) is 43.8 Å². The molecule has 0 aliphatic rings. The van der Waals surface area contributed by atoms with Crippen LogP contribution < -0.4 is 5.73 Å². The lowest BCUT2D eigenvalue weighted by Gasteiger charge is -2.23. The second-order valence-electron chi connectivity index (χ2n) is 4.53. The molecule has 1 amide bonds. The fraction of sp³-hybridized carbons (Fsp3) is 0.429. The molecule has 19 heavy (non-hydrogen) atoms. The summed E-state index contributed by atoms with van der Waals surface area (Å²) in [6, 6.07) is 6.41. The Balaban J connectivity index is 2.76. The third-order valence-corrected chi connectivity index (χ3v) is 3.24. The van der Waals surface area contributed by atoms with E-state index in [2.05, 4.69) is 0 Å². The molecule has 3 nitrogen and oxygen atoms in total. The molecule has 1 atom stereocenters. The molecule has 0 spiro atoms. The Morgan fingerprint density at radius 3 is 2.63 bits per heavy atom. The van der Waals surface area contributed by atoms with E-state index < -0.39 is 5.92 Å². The summed E-state index contributed by atoms with van der Waals surface area (Å²) in [4.78, 5) is 13.9. The molecule has 0 heterocycles. The van der Waals surface area contributed by atoms with Crippen LogP contribution in [0.5, 0.6) is 0 Å². The van der Waals surface area contributed by atoms with E-state index in [1.807, 2.05) is 6.92 Å². The van der Waals surface area contributed by atoms with Crippen molar-refractivity contribution >= 4 is 23.1 Å². The quantitative estimate of drug-likeness (QED) is 0.815. The number of halogens is 1. The maximum atomic E-state index is 13.5. The van der Waals surface area contributed by atoms with E-state index in [0.717, 1.165) is 6.42 Å². The Morgan fingerprint density at radius 2 is 2.11 bits per heavy atom. The zero-order chi connectivity index (χ0) is 14.4. The van der Waals surface area contributed by atoms with Crippen LogP contribution in [-0.2, 0) is 11.3 Å². The van der Waals surface area contributed by atoms with Crippen molar-refractivity contribution in [3.8, 4) is 0 Å². The number of thiocarbonyl (C=S) groups is 1. The Labute approximate surface area is 118 Å². The molecule has 0 bridgehead atoms. The fourth-order valence-electron chi connectivity index (χ4n) is 1.90. The molecule has 1 aromatic carbocycles. The molecule has 0 radical (unpaired) electrons. The standard InChI is InChI=1S/C14H19FN2OS/c1-3-6-11(13(16)19)14(18)17(2)9-10-7-4-5-8-12(10)15/h4-5,7-8,11H,3,6,9H2,1-2H3,(H2,16,19). The predicted octanol–water partition coefficient (Wildman–Crippen LogP) is 2.49. The van der Waals surface area contributed by atoms with E-state index in [1.54, 1.807) is 25.2 Å². The highest BCUT2D eigenvalue weighted by atomic mass is 32.1. The molecule has 104 valence electrons. The third-order valence-electron chi connectivity index (χ3n) is 2.96.